The molecule has 0 fully saturated rings. The molecule has 4 nitrogen and oxygen atoms in total. The number of phenols is 1. The Morgan fingerprint density at radius 1 is 1.17 bits per heavy atom. The summed E-state index contributed by atoms with van der Waals surface area (Å²) >= 11 is 0. The Hall–Kier alpha value is -1.84. The summed E-state index contributed by atoms with van der Waals surface area (Å²) < 4.78 is 0.810. The van der Waals surface area contributed by atoms with E-state index in [4.69, 9.17) is 10.3 Å². The van der Waals surface area contributed by atoms with Crippen molar-refractivity contribution in [3.05, 3.63) is 24.4 Å². The number of aromatic hydroxyl groups is 2. The molecule has 0 unspecified atom stereocenters. The van der Waals surface area contributed by atoms with Gasteiger partial charge in [-0.05, 0) is 18.2 Å². The van der Waals surface area contributed by atoms with Gasteiger partial charge in [0.25, 0.3) is 0 Å². The minimum Gasteiger partial charge on any atom is -0.508 e. The molecule has 0 aliphatic heterocycles. The lowest BCUT2D eigenvalue weighted by Crippen LogP contribution is -1.84. The maximum atomic E-state index is 9.22. The van der Waals surface area contributed by atoms with E-state index in [1.54, 1.807) is 0 Å². The second-order valence-corrected chi connectivity index (χ2v) is 2.56. The Morgan fingerprint density at radius 2 is 1.92 bits per heavy atom. The van der Waals surface area contributed by atoms with Crippen LogP contribution in [0.3, 0.4) is 0 Å². The fraction of sp³-hybridized carbons (Fsp3) is 0. The minimum atomic E-state index is -0.0524. The third-order valence-electron chi connectivity index (χ3n) is 1.75. The molecule has 1 heterocycles. The average molecular weight is 165 g/mol. The molecule has 62 valence electrons. The Labute approximate surface area is 67.9 Å². The number of fused-ring (bicyclic) bond motifs is 1. The van der Waals surface area contributed by atoms with E-state index in [0.717, 1.165) is 4.73 Å². The fourth-order valence-electron chi connectivity index (χ4n) is 1.18. The molecular weight excluding hydrogens is 158 g/mol. The zero-order valence-electron chi connectivity index (χ0n) is 6.10. The molecule has 0 saturated heterocycles. The molecule has 0 spiro atoms. The maximum Gasteiger partial charge on any atom is 0.144 e. The first-order valence-electron chi connectivity index (χ1n) is 3.41. The lowest BCUT2D eigenvalue weighted by atomic mass is 10.2. The quantitative estimate of drug-likeness (QED) is 0.515. The van der Waals surface area contributed by atoms with Crippen LogP contribution in [0.4, 0.5) is 0 Å². The molecule has 0 amide bonds. The molecule has 0 saturated carbocycles. The van der Waals surface area contributed by atoms with Crippen molar-refractivity contribution in [1.29, 1.82) is 0 Å². The van der Waals surface area contributed by atoms with Crippen LogP contribution in [0.15, 0.2) is 24.4 Å². The SMILES string of the molecule is Oc1ccc2c(c1)c(O)cn2O. The smallest absolute Gasteiger partial charge is 0.144 e. The van der Waals surface area contributed by atoms with Crippen LogP contribution in [-0.4, -0.2) is 20.2 Å². The summed E-state index contributed by atoms with van der Waals surface area (Å²) in [4.78, 5) is 0. The molecule has 0 aliphatic carbocycles. The molecular formula is C8H7NO3. The Morgan fingerprint density at radius 3 is 2.67 bits per heavy atom. The van der Waals surface area contributed by atoms with Gasteiger partial charge in [0.05, 0.1) is 11.7 Å². The van der Waals surface area contributed by atoms with E-state index < -0.39 is 0 Å². The lowest BCUT2D eigenvalue weighted by Gasteiger charge is -1.94. The summed E-state index contributed by atoms with van der Waals surface area (Å²) in [5.74, 6) is 0.00685. The lowest BCUT2D eigenvalue weighted by molar-refractivity contribution is 0.198. The summed E-state index contributed by atoms with van der Waals surface area (Å²) in [6.45, 7) is 0. The van der Waals surface area contributed by atoms with Gasteiger partial charge in [-0.3, -0.25) is 0 Å². The third-order valence-corrected chi connectivity index (χ3v) is 1.75. The van der Waals surface area contributed by atoms with Gasteiger partial charge in [0.2, 0.25) is 0 Å². The van der Waals surface area contributed by atoms with E-state index in [0.29, 0.717) is 10.9 Å². The standard InChI is InChI=1S/C8H7NO3/c10-5-1-2-7-6(3-5)8(11)4-9(7)12/h1-4,10-12H. The van der Waals surface area contributed by atoms with Crippen molar-refractivity contribution >= 4 is 10.9 Å². The van der Waals surface area contributed by atoms with Gasteiger partial charge in [0.15, 0.2) is 0 Å². The van der Waals surface area contributed by atoms with Crippen molar-refractivity contribution in [1.82, 2.24) is 4.73 Å². The Bertz CT molecular complexity index is 433. The van der Waals surface area contributed by atoms with Crippen molar-refractivity contribution in [2.75, 3.05) is 0 Å². The molecule has 3 N–H and O–H groups in total. The topological polar surface area (TPSA) is 65.6 Å². The van der Waals surface area contributed by atoms with Crippen molar-refractivity contribution in [2.24, 2.45) is 0 Å². The van der Waals surface area contributed by atoms with E-state index in [-0.39, 0.29) is 11.5 Å². The van der Waals surface area contributed by atoms with Crippen molar-refractivity contribution in [3.63, 3.8) is 0 Å². The highest BCUT2D eigenvalue weighted by molar-refractivity contribution is 5.87. The zero-order chi connectivity index (χ0) is 8.72. The van der Waals surface area contributed by atoms with E-state index in [1.807, 2.05) is 0 Å². The molecule has 12 heavy (non-hydrogen) atoms. The van der Waals surface area contributed by atoms with Gasteiger partial charge in [0, 0.05) is 5.39 Å². The largest absolute Gasteiger partial charge is 0.508 e. The fourth-order valence-corrected chi connectivity index (χ4v) is 1.18. The highest BCUT2D eigenvalue weighted by atomic mass is 16.5. The predicted octanol–water partition coefficient (Wildman–Crippen LogP) is 1.29. The molecule has 2 rings (SSSR count). The summed E-state index contributed by atoms with van der Waals surface area (Å²) in [6, 6.07) is 4.34. The molecule has 1 aromatic carbocycles. The predicted molar refractivity (Wildman–Crippen MR) is 42.5 cm³/mol. The van der Waals surface area contributed by atoms with Crippen LogP contribution in [0.25, 0.3) is 10.9 Å². The van der Waals surface area contributed by atoms with Crippen LogP contribution in [0.2, 0.25) is 0 Å². The monoisotopic (exact) mass is 165 g/mol. The first kappa shape index (κ1) is 6.84. The molecule has 0 bridgehead atoms. The number of nitrogens with zero attached hydrogens (tertiary/aromatic N) is 1. The van der Waals surface area contributed by atoms with Gasteiger partial charge in [-0.15, -0.1) is 0 Å². The summed E-state index contributed by atoms with van der Waals surface area (Å²) in [5.41, 5.74) is 0.463. The van der Waals surface area contributed by atoms with Crippen LogP contribution < -0.4 is 0 Å². The van der Waals surface area contributed by atoms with Crippen LogP contribution in [0.1, 0.15) is 0 Å². The van der Waals surface area contributed by atoms with Crippen molar-refractivity contribution in [2.45, 2.75) is 0 Å². The molecule has 0 aliphatic rings. The molecule has 0 atom stereocenters. The maximum absolute atomic E-state index is 9.22. The van der Waals surface area contributed by atoms with Gasteiger partial charge >= 0.3 is 0 Å². The number of aromatic nitrogens is 1. The zero-order valence-corrected chi connectivity index (χ0v) is 6.10. The molecule has 4 heteroatoms. The van der Waals surface area contributed by atoms with Gasteiger partial charge in [-0.1, -0.05) is 0 Å². The number of hydrogen-bond donors (Lipinski definition) is 3. The second-order valence-electron chi connectivity index (χ2n) is 2.56. The van der Waals surface area contributed by atoms with Crippen LogP contribution in [0.5, 0.6) is 11.5 Å². The first-order valence-corrected chi connectivity index (χ1v) is 3.41. The van der Waals surface area contributed by atoms with Gasteiger partial charge in [0.1, 0.15) is 11.5 Å². The van der Waals surface area contributed by atoms with E-state index in [9.17, 15) is 5.11 Å². The summed E-state index contributed by atoms with van der Waals surface area (Å²) in [6.07, 6.45) is 1.17. The second kappa shape index (κ2) is 2.07. The Balaban J connectivity index is 2.90. The van der Waals surface area contributed by atoms with Gasteiger partial charge < -0.3 is 15.4 Å². The van der Waals surface area contributed by atoms with E-state index in [1.165, 1.54) is 24.4 Å². The Kier molecular flexibility index (Phi) is 1.18. The highest BCUT2D eigenvalue weighted by Gasteiger charge is 2.06. The molecule has 2 aromatic rings. The number of phenolic OH excluding ortho intramolecular Hbond substituents is 1. The number of benzene rings is 1. The molecule has 1 aromatic heterocycles. The summed E-state index contributed by atoms with van der Waals surface area (Å²) in [5, 5.41) is 27.9. The number of hydrogen-bond acceptors (Lipinski definition) is 3. The minimum absolute atomic E-state index is 0.0524. The van der Waals surface area contributed by atoms with Crippen LogP contribution >= 0.6 is 0 Å². The number of rotatable bonds is 0. The summed E-state index contributed by atoms with van der Waals surface area (Å²) in [7, 11) is 0. The van der Waals surface area contributed by atoms with Gasteiger partial charge in [-0.25, -0.2) is 0 Å². The van der Waals surface area contributed by atoms with Crippen LogP contribution in [0, 0.1) is 0 Å². The molecule has 0 radical (unpaired) electrons. The highest BCUT2D eigenvalue weighted by Crippen LogP contribution is 2.28. The normalized spacial score (nSPS) is 10.7. The van der Waals surface area contributed by atoms with Crippen molar-refractivity contribution < 1.29 is 15.4 Å². The van der Waals surface area contributed by atoms with Crippen molar-refractivity contribution in [3.8, 4) is 11.5 Å². The first-order chi connectivity index (χ1) is 5.68. The van der Waals surface area contributed by atoms with Crippen LogP contribution in [-0.2, 0) is 0 Å². The third kappa shape index (κ3) is 0.780. The van der Waals surface area contributed by atoms with E-state index in [2.05, 4.69) is 0 Å². The van der Waals surface area contributed by atoms with Gasteiger partial charge in [-0.2, -0.15) is 4.73 Å². The average Bonchev–Trinajstić information content (AvgIpc) is 2.28. The van der Waals surface area contributed by atoms with E-state index >= 15 is 0 Å².